The predicted octanol–water partition coefficient (Wildman–Crippen LogP) is 5.90. The van der Waals surface area contributed by atoms with Crippen molar-refractivity contribution in [2.75, 3.05) is 62.9 Å². The monoisotopic (exact) mass is 788 g/mol. The van der Waals surface area contributed by atoms with E-state index in [0.717, 1.165) is 29.9 Å². The third-order valence-electron chi connectivity index (χ3n) is 11.5. The summed E-state index contributed by atoms with van der Waals surface area (Å²) < 4.78 is 55.5. The van der Waals surface area contributed by atoms with Crippen molar-refractivity contribution < 1.29 is 61.8 Å². The van der Waals surface area contributed by atoms with Crippen molar-refractivity contribution in [3.8, 4) is 34.5 Å². The number of H-pyrrole nitrogens is 1. The molecule has 1 aliphatic carbocycles. The van der Waals surface area contributed by atoms with Crippen LogP contribution in [0.1, 0.15) is 46.1 Å². The van der Waals surface area contributed by atoms with Gasteiger partial charge in [0, 0.05) is 48.9 Å². The number of carbonyl (C=O) groups is 3. The fourth-order valence-corrected chi connectivity index (χ4v) is 8.87. The molecular formula is C42H48N2O13. The molecule has 7 rings (SSSR count). The third kappa shape index (κ3) is 7.73. The van der Waals surface area contributed by atoms with Crippen LogP contribution in [0.4, 0.5) is 4.79 Å². The lowest BCUT2D eigenvalue weighted by Gasteiger charge is -2.52. The van der Waals surface area contributed by atoms with E-state index in [1.54, 1.807) is 25.3 Å². The number of aromatic nitrogens is 1. The number of ether oxygens (including phenoxy) is 10. The molecule has 6 unspecified atom stereocenters. The number of hydrogen-bond acceptors (Lipinski definition) is 14. The maximum Gasteiger partial charge on any atom is 0.514 e. The van der Waals surface area contributed by atoms with Crippen molar-refractivity contribution >= 4 is 29.0 Å². The molecule has 1 saturated carbocycles. The molecule has 6 atom stereocenters. The number of benzene rings is 3. The smallest absolute Gasteiger partial charge is 0.497 e. The molecule has 0 radical (unpaired) electrons. The molecule has 1 N–H and O–H groups in total. The first-order valence-electron chi connectivity index (χ1n) is 18.7. The summed E-state index contributed by atoms with van der Waals surface area (Å²) in [5.74, 6) is -0.0731. The Balaban J connectivity index is 1.08. The number of hydrogen-bond donors (Lipinski definition) is 1. The summed E-state index contributed by atoms with van der Waals surface area (Å²) in [6, 6.07) is 14.0. The Kier molecular flexibility index (Phi) is 11.7. The normalized spacial score (nSPS) is 22.6. The van der Waals surface area contributed by atoms with Gasteiger partial charge in [-0.2, -0.15) is 0 Å². The van der Waals surface area contributed by atoms with Crippen molar-refractivity contribution in [3.63, 3.8) is 0 Å². The molecule has 3 aliphatic rings. The average molecular weight is 789 g/mol. The Hall–Kier alpha value is -5.67. The summed E-state index contributed by atoms with van der Waals surface area (Å²) in [4.78, 5) is 46.5. The van der Waals surface area contributed by atoms with Crippen LogP contribution >= 0.6 is 0 Å². The molecule has 0 bridgehead atoms. The number of esters is 2. The molecule has 0 spiro atoms. The van der Waals surface area contributed by atoms with Crippen molar-refractivity contribution in [2.24, 2.45) is 17.8 Å². The van der Waals surface area contributed by atoms with Gasteiger partial charge in [-0.15, -0.1) is 0 Å². The quantitative estimate of drug-likeness (QED) is 0.103. The average Bonchev–Trinajstić information content (AvgIpc) is 3.62. The zero-order valence-corrected chi connectivity index (χ0v) is 33.1. The number of nitrogens with one attached hydrogen (secondary N) is 1. The Bertz CT molecular complexity index is 2080. The van der Waals surface area contributed by atoms with Gasteiger partial charge in [0.2, 0.25) is 5.75 Å². The highest BCUT2D eigenvalue weighted by Gasteiger charge is 2.54. The lowest BCUT2D eigenvalue weighted by molar-refractivity contribution is -0.176. The molecule has 2 fully saturated rings. The molecule has 304 valence electrons. The lowest BCUT2D eigenvalue weighted by Crippen LogP contribution is -2.58. The molecule has 3 aromatic carbocycles. The molecule has 1 aromatic heterocycles. The van der Waals surface area contributed by atoms with Crippen molar-refractivity contribution in [3.05, 3.63) is 70.9 Å². The lowest BCUT2D eigenvalue weighted by atomic mass is 9.63. The maximum absolute atomic E-state index is 13.9. The van der Waals surface area contributed by atoms with Gasteiger partial charge in [-0.05, 0) is 78.6 Å². The van der Waals surface area contributed by atoms with Gasteiger partial charge in [-0.25, -0.2) is 9.59 Å². The van der Waals surface area contributed by atoms with Crippen LogP contribution in [0.25, 0.3) is 10.9 Å². The van der Waals surface area contributed by atoms with E-state index in [1.165, 1.54) is 65.7 Å². The van der Waals surface area contributed by atoms with Crippen LogP contribution in [0.2, 0.25) is 0 Å². The summed E-state index contributed by atoms with van der Waals surface area (Å²) >= 11 is 0. The van der Waals surface area contributed by atoms with E-state index in [4.69, 9.17) is 47.4 Å². The van der Waals surface area contributed by atoms with Crippen LogP contribution in [0.3, 0.4) is 0 Å². The van der Waals surface area contributed by atoms with E-state index in [2.05, 4.69) is 16.0 Å². The first-order chi connectivity index (χ1) is 27.6. The van der Waals surface area contributed by atoms with E-state index in [9.17, 15) is 14.4 Å². The van der Waals surface area contributed by atoms with Gasteiger partial charge in [-0.1, -0.05) is 0 Å². The number of carbonyl (C=O) groups excluding carboxylic acids is 3. The van der Waals surface area contributed by atoms with Crippen LogP contribution in [0.5, 0.6) is 34.5 Å². The summed E-state index contributed by atoms with van der Waals surface area (Å²) in [6.07, 6.45) is -0.523. The van der Waals surface area contributed by atoms with Gasteiger partial charge in [0.25, 0.3) is 0 Å². The summed E-state index contributed by atoms with van der Waals surface area (Å²) in [5, 5.41) is 1.18. The second-order valence-corrected chi connectivity index (χ2v) is 14.3. The SMILES string of the molecule is COC(=O)C1C2CC3c4[nH]c5cc(OC)ccc5c4CCN3CC2CC(OC(=O)c2cc(OC)c(OC(=O)OCc3cc(OC)cc(OC)c3)c(OC)c2)C1OC. The number of aromatic amines is 1. The van der Waals surface area contributed by atoms with Gasteiger partial charge >= 0.3 is 18.1 Å². The number of rotatable bonds is 12. The van der Waals surface area contributed by atoms with Gasteiger partial charge < -0.3 is 52.4 Å². The summed E-state index contributed by atoms with van der Waals surface area (Å²) in [5.41, 5.74) is 4.15. The van der Waals surface area contributed by atoms with Crippen LogP contribution in [-0.2, 0) is 36.8 Å². The van der Waals surface area contributed by atoms with Gasteiger partial charge in [-0.3, -0.25) is 9.69 Å². The van der Waals surface area contributed by atoms with E-state index < -0.39 is 36.2 Å². The minimum Gasteiger partial charge on any atom is -0.497 e. The Morgan fingerprint density at radius 3 is 2.14 bits per heavy atom. The Labute approximate surface area is 330 Å². The highest BCUT2D eigenvalue weighted by atomic mass is 16.7. The van der Waals surface area contributed by atoms with Gasteiger partial charge in [0.1, 0.15) is 36.1 Å². The number of methoxy groups -OCH3 is 7. The first kappa shape index (κ1) is 39.6. The van der Waals surface area contributed by atoms with Crippen molar-refractivity contribution in [1.29, 1.82) is 0 Å². The number of piperidine rings is 1. The van der Waals surface area contributed by atoms with E-state index >= 15 is 0 Å². The van der Waals surface area contributed by atoms with Crippen LogP contribution in [0, 0.1) is 17.8 Å². The number of nitrogens with zero attached hydrogens (tertiary/aromatic N) is 1. The molecule has 2 aliphatic heterocycles. The second-order valence-electron chi connectivity index (χ2n) is 14.3. The molecule has 0 amide bonds. The summed E-state index contributed by atoms with van der Waals surface area (Å²) in [7, 11) is 10.3. The zero-order chi connectivity index (χ0) is 40.4. The standard InChI is InChI=1S/C42H48N2O13/c1-48-25-8-9-28-29-10-11-44-20-24-16-35(39(53-6)36(41(46)54-7)30(24)19-32(44)37(29)43-31(28)18-25)56-40(45)23-14-33(51-4)38(34(15-23)52-5)57-42(47)55-21-22-12-26(49-2)17-27(13-22)50-3/h8-9,12-15,17-18,24,30,32,35-36,39,43H,10-11,16,19-21H2,1-7H3. The molecule has 57 heavy (non-hydrogen) atoms. The molecular weight excluding hydrogens is 740 g/mol. The minimum absolute atomic E-state index is 0.0180. The second kappa shape index (κ2) is 16.8. The third-order valence-corrected chi connectivity index (χ3v) is 11.5. The van der Waals surface area contributed by atoms with Gasteiger partial charge in [0.15, 0.2) is 11.5 Å². The fraction of sp³-hybridized carbons (Fsp3) is 0.452. The largest absolute Gasteiger partial charge is 0.514 e. The highest BCUT2D eigenvalue weighted by Crippen LogP contribution is 2.51. The number of fused-ring (bicyclic) bond motifs is 6. The summed E-state index contributed by atoms with van der Waals surface area (Å²) in [6.45, 7) is 1.43. The maximum atomic E-state index is 13.9. The first-order valence-corrected chi connectivity index (χ1v) is 18.7. The topological polar surface area (TPSA) is 163 Å². The Morgan fingerprint density at radius 2 is 1.51 bits per heavy atom. The highest BCUT2D eigenvalue weighted by molar-refractivity contribution is 5.92. The minimum atomic E-state index is -1.04. The van der Waals surface area contributed by atoms with Crippen LogP contribution in [0.15, 0.2) is 48.5 Å². The molecule has 1 saturated heterocycles. The molecule has 15 heteroatoms. The Morgan fingerprint density at radius 1 is 0.807 bits per heavy atom. The van der Waals surface area contributed by atoms with E-state index in [1.807, 2.05) is 12.1 Å². The van der Waals surface area contributed by atoms with Crippen molar-refractivity contribution in [1.82, 2.24) is 9.88 Å². The molecule has 15 nitrogen and oxygen atoms in total. The van der Waals surface area contributed by atoms with E-state index in [-0.39, 0.29) is 47.3 Å². The fourth-order valence-electron chi connectivity index (χ4n) is 8.87. The van der Waals surface area contributed by atoms with E-state index in [0.29, 0.717) is 36.4 Å². The zero-order valence-electron chi connectivity index (χ0n) is 33.1. The molecule has 4 aromatic rings. The molecule has 3 heterocycles. The van der Waals surface area contributed by atoms with Crippen molar-refractivity contribution in [2.45, 2.75) is 44.1 Å². The van der Waals surface area contributed by atoms with Gasteiger partial charge in [0.05, 0.1) is 60.2 Å². The predicted molar refractivity (Wildman–Crippen MR) is 204 cm³/mol. The van der Waals surface area contributed by atoms with Crippen LogP contribution in [-0.4, -0.2) is 103 Å². The van der Waals surface area contributed by atoms with Crippen LogP contribution < -0.4 is 28.4 Å².